The van der Waals surface area contributed by atoms with Crippen LogP contribution in [-0.2, 0) is 6.42 Å². The Balaban J connectivity index is 1.42. The highest BCUT2D eigenvalue weighted by molar-refractivity contribution is 7.21. The molecule has 8 nitrogen and oxygen atoms in total. The molecule has 4 rings (SSSR count). The Labute approximate surface area is 197 Å². The second kappa shape index (κ2) is 9.94. The molecular weight excluding hydrogens is 438 g/mol. The number of carboxylic acid groups (broad SMARTS) is 1. The number of piperidine rings is 1. The zero-order chi connectivity index (χ0) is 23.5. The van der Waals surface area contributed by atoms with Crippen molar-refractivity contribution in [1.29, 1.82) is 0 Å². The number of aliphatic hydroxyl groups is 1. The second-order valence-electron chi connectivity index (χ2n) is 8.57. The number of fused-ring (bicyclic) bond motifs is 1. The Morgan fingerprint density at radius 2 is 1.97 bits per heavy atom. The minimum atomic E-state index is -1.01. The van der Waals surface area contributed by atoms with E-state index in [1.165, 1.54) is 0 Å². The molecule has 0 aliphatic carbocycles. The molecule has 33 heavy (non-hydrogen) atoms. The lowest BCUT2D eigenvalue weighted by Crippen LogP contribution is -2.44. The van der Waals surface area contributed by atoms with Gasteiger partial charge >= 0.3 is 5.97 Å². The van der Waals surface area contributed by atoms with Gasteiger partial charge in [-0.25, -0.2) is 9.78 Å². The fraction of sp³-hybridized carbons (Fsp3) is 0.417. The van der Waals surface area contributed by atoms with Gasteiger partial charge in [0, 0.05) is 36.7 Å². The quantitative estimate of drug-likeness (QED) is 0.317. The molecule has 2 aromatic heterocycles. The first-order valence-corrected chi connectivity index (χ1v) is 12.2. The van der Waals surface area contributed by atoms with Crippen molar-refractivity contribution in [2.75, 3.05) is 36.0 Å². The van der Waals surface area contributed by atoms with Gasteiger partial charge in [0.15, 0.2) is 0 Å². The number of aliphatic hydroxyl groups excluding tert-OH is 1. The second-order valence-corrected chi connectivity index (χ2v) is 9.57. The third-order valence-electron chi connectivity index (χ3n) is 6.22. The van der Waals surface area contributed by atoms with Crippen LogP contribution in [0, 0.1) is 0 Å². The zero-order valence-corrected chi connectivity index (χ0v) is 19.6. The van der Waals surface area contributed by atoms with Crippen molar-refractivity contribution in [1.82, 2.24) is 10.3 Å². The topological polar surface area (TPSA) is 138 Å². The van der Waals surface area contributed by atoms with E-state index in [0.717, 1.165) is 72.4 Å². The van der Waals surface area contributed by atoms with E-state index in [4.69, 9.17) is 16.5 Å². The summed E-state index contributed by atoms with van der Waals surface area (Å²) >= 11 is 1.15. The molecule has 1 aromatic carbocycles. The van der Waals surface area contributed by atoms with Crippen LogP contribution in [0.2, 0.25) is 0 Å². The van der Waals surface area contributed by atoms with Crippen LogP contribution in [0.5, 0.6) is 0 Å². The van der Waals surface area contributed by atoms with Crippen molar-refractivity contribution >= 4 is 44.7 Å². The lowest BCUT2D eigenvalue weighted by atomic mass is 10.0. The first-order valence-electron chi connectivity index (χ1n) is 11.3. The summed E-state index contributed by atoms with van der Waals surface area (Å²) < 4.78 is 0. The number of carboxylic acids is 1. The standard InChI is InChI=1S/C24H31N5O3S/c1-2-3-15-12-19(28-23-20(15)21(26)22(33-23)24(31)32)29-10-8-17(9-11-29)27-13-18(30)14-4-6-16(25)7-5-14/h4-7,12,17-18,27,30H,2-3,8-11,13,25-26H2,1H3,(H,31,32). The minimum Gasteiger partial charge on any atom is -0.477 e. The van der Waals surface area contributed by atoms with Gasteiger partial charge in [0.25, 0.3) is 0 Å². The Hall–Kier alpha value is -2.88. The van der Waals surface area contributed by atoms with Gasteiger partial charge in [0.05, 0.1) is 11.8 Å². The van der Waals surface area contributed by atoms with Crippen LogP contribution in [0.3, 0.4) is 0 Å². The van der Waals surface area contributed by atoms with Gasteiger partial charge in [-0.3, -0.25) is 0 Å². The van der Waals surface area contributed by atoms with Gasteiger partial charge in [-0.1, -0.05) is 25.5 Å². The van der Waals surface area contributed by atoms with Crippen molar-refractivity contribution in [3.63, 3.8) is 0 Å². The van der Waals surface area contributed by atoms with Crippen molar-refractivity contribution in [3.05, 3.63) is 46.3 Å². The number of aromatic carboxylic acids is 1. The molecule has 9 heteroatoms. The normalized spacial score (nSPS) is 15.8. The van der Waals surface area contributed by atoms with Crippen LogP contribution < -0.4 is 21.7 Å². The molecule has 1 fully saturated rings. The lowest BCUT2D eigenvalue weighted by Gasteiger charge is -2.34. The molecule has 1 saturated heterocycles. The molecule has 3 aromatic rings. The van der Waals surface area contributed by atoms with Gasteiger partial charge in [-0.2, -0.15) is 0 Å². The van der Waals surface area contributed by atoms with Crippen LogP contribution in [0.4, 0.5) is 17.2 Å². The lowest BCUT2D eigenvalue weighted by molar-refractivity contribution is 0.0703. The fourth-order valence-corrected chi connectivity index (χ4v) is 5.37. The van der Waals surface area contributed by atoms with Crippen LogP contribution in [0.15, 0.2) is 30.3 Å². The third kappa shape index (κ3) is 5.05. The van der Waals surface area contributed by atoms with Crippen LogP contribution in [-0.4, -0.2) is 46.8 Å². The monoisotopic (exact) mass is 469 g/mol. The van der Waals surface area contributed by atoms with Gasteiger partial charge < -0.3 is 31.9 Å². The molecule has 3 heterocycles. The predicted molar refractivity (Wildman–Crippen MR) is 134 cm³/mol. The van der Waals surface area contributed by atoms with E-state index in [1.807, 2.05) is 12.1 Å². The number of thiophene rings is 1. The first kappa shape index (κ1) is 23.3. The predicted octanol–water partition coefficient (Wildman–Crippen LogP) is 3.40. The van der Waals surface area contributed by atoms with Gasteiger partial charge in [-0.15, -0.1) is 11.3 Å². The van der Waals surface area contributed by atoms with E-state index in [-0.39, 0.29) is 4.88 Å². The molecule has 0 spiro atoms. The number of rotatable bonds is 8. The molecule has 1 unspecified atom stereocenters. The van der Waals surface area contributed by atoms with Crippen molar-refractivity contribution in [2.24, 2.45) is 0 Å². The maximum Gasteiger partial charge on any atom is 0.348 e. The molecule has 7 N–H and O–H groups in total. The number of hydrogen-bond donors (Lipinski definition) is 5. The SMILES string of the molecule is CCCc1cc(N2CCC(NCC(O)c3ccc(N)cc3)CC2)nc2sc(C(=O)O)c(N)c12. The number of nitrogen functional groups attached to an aromatic ring is 2. The highest BCUT2D eigenvalue weighted by atomic mass is 32.1. The molecule has 1 atom stereocenters. The fourth-order valence-electron chi connectivity index (χ4n) is 4.40. The Morgan fingerprint density at radius 1 is 1.27 bits per heavy atom. The van der Waals surface area contributed by atoms with E-state index in [9.17, 15) is 15.0 Å². The molecule has 0 amide bonds. The Kier molecular flexibility index (Phi) is 7.02. The minimum absolute atomic E-state index is 0.162. The number of aryl methyl sites for hydroxylation is 1. The summed E-state index contributed by atoms with van der Waals surface area (Å²) in [5, 5.41) is 24.2. The van der Waals surface area contributed by atoms with Gasteiger partial charge in [0.1, 0.15) is 15.5 Å². The first-order chi connectivity index (χ1) is 15.9. The summed E-state index contributed by atoms with van der Waals surface area (Å²) in [6.45, 7) is 4.27. The van der Waals surface area contributed by atoms with Crippen molar-refractivity contribution < 1.29 is 15.0 Å². The van der Waals surface area contributed by atoms with Crippen LogP contribution >= 0.6 is 11.3 Å². The number of anilines is 3. The average molecular weight is 470 g/mol. The van der Waals surface area contributed by atoms with E-state index in [2.05, 4.69) is 23.2 Å². The van der Waals surface area contributed by atoms with Crippen molar-refractivity contribution in [2.45, 2.75) is 44.8 Å². The van der Waals surface area contributed by atoms with Crippen LogP contribution in [0.25, 0.3) is 10.2 Å². The third-order valence-corrected chi connectivity index (χ3v) is 7.31. The van der Waals surface area contributed by atoms with E-state index in [1.54, 1.807) is 12.1 Å². The number of nitrogens with two attached hydrogens (primary N) is 2. The summed E-state index contributed by atoms with van der Waals surface area (Å²) in [6.07, 6.45) is 3.07. The van der Waals surface area contributed by atoms with Gasteiger partial charge in [0.2, 0.25) is 0 Å². The number of aromatic nitrogens is 1. The molecular formula is C24H31N5O3S. The van der Waals surface area contributed by atoms with Gasteiger partial charge in [-0.05, 0) is 48.6 Å². The molecule has 0 saturated carbocycles. The van der Waals surface area contributed by atoms with Crippen LogP contribution in [0.1, 0.15) is 53.1 Å². The maximum atomic E-state index is 11.6. The largest absolute Gasteiger partial charge is 0.477 e. The molecule has 0 radical (unpaired) electrons. The summed E-state index contributed by atoms with van der Waals surface area (Å²) in [6, 6.07) is 9.70. The Morgan fingerprint density at radius 3 is 2.61 bits per heavy atom. The summed E-state index contributed by atoms with van der Waals surface area (Å²) in [4.78, 5) is 19.4. The number of pyridine rings is 1. The number of nitrogens with zero attached hydrogens (tertiary/aromatic N) is 2. The molecule has 1 aliphatic heterocycles. The van der Waals surface area contributed by atoms with E-state index in [0.29, 0.717) is 28.8 Å². The summed E-state index contributed by atoms with van der Waals surface area (Å²) in [5.41, 5.74) is 14.8. The highest BCUT2D eigenvalue weighted by Crippen LogP contribution is 2.37. The smallest absolute Gasteiger partial charge is 0.348 e. The van der Waals surface area contributed by atoms with E-state index >= 15 is 0 Å². The summed E-state index contributed by atoms with van der Waals surface area (Å²) in [7, 11) is 0. The zero-order valence-electron chi connectivity index (χ0n) is 18.8. The molecule has 176 valence electrons. The number of carbonyl (C=O) groups is 1. The van der Waals surface area contributed by atoms with Crippen molar-refractivity contribution in [3.8, 4) is 0 Å². The number of hydrogen-bond acceptors (Lipinski definition) is 8. The molecule has 1 aliphatic rings. The average Bonchev–Trinajstić information content (AvgIpc) is 3.15. The Bertz CT molecular complexity index is 1120. The number of benzene rings is 1. The van der Waals surface area contributed by atoms with E-state index < -0.39 is 12.1 Å². The number of nitrogens with one attached hydrogen (secondary N) is 1. The maximum absolute atomic E-state index is 11.6. The highest BCUT2D eigenvalue weighted by Gasteiger charge is 2.24. The molecule has 0 bridgehead atoms. The summed E-state index contributed by atoms with van der Waals surface area (Å²) in [5.74, 6) is -0.128.